The monoisotopic (exact) mass is 404 g/mol. The molecule has 1 atom stereocenters. The average molecular weight is 404 g/mol. The molecule has 0 saturated heterocycles. The van der Waals surface area contributed by atoms with Gasteiger partial charge in [-0.15, -0.1) is 0 Å². The highest BCUT2D eigenvalue weighted by Gasteiger charge is 2.28. The van der Waals surface area contributed by atoms with E-state index in [0.29, 0.717) is 34.2 Å². The number of ether oxygens (including phenoxy) is 3. The number of benzene rings is 3. The van der Waals surface area contributed by atoms with Crippen molar-refractivity contribution >= 4 is 23.2 Å². The smallest absolute Gasteiger partial charge is 0.269 e. The number of amides is 2. The summed E-state index contributed by atoms with van der Waals surface area (Å²) in [7, 11) is 1.56. The summed E-state index contributed by atoms with van der Waals surface area (Å²) in [5, 5.41) is 5.58. The van der Waals surface area contributed by atoms with Gasteiger partial charge in [-0.2, -0.15) is 0 Å². The van der Waals surface area contributed by atoms with Crippen LogP contribution in [0.3, 0.4) is 0 Å². The minimum atomic E-state index is -0.825. The van der Waals surface area contributed by atoms with E-state index in [-0.39, 0.29) is 12.5 Å². The Morgan fingerprint density at radius 3 is 2.53 bits per heavy atom. The molecule has 0 aromatic heterocycles. The standard InChI is InChI=1S/C23H20N2O5/c1-28-16-8-6-7-15(13-16)24-22(26)17-9-2-3-10-18(17)25-23(27)21-14-29-19-11-4-5-12-20(19)30-21/h2-13,21H,14H2,1H3,(H,24,26)(H,25,27)/t21-/m1/s1. The van der Waals surface area contributed by atoms with Crippen LogP contribution in [0.5, 0.6) is 17.2 Å². The van der Waals surface area contributed by atoms with Gasteiger partial charge in [0.15, 0.2) is 11.5 Å². The lowest BCUT2D eigenvalue weighted by Crippen LogP contribution is -2.40. The summed E-state index contributed by atoms with van der Waals surface area (Å²) in [5.74, 6) is 0.980. The molecule has 0 bridgehead atoms. The number of carbonyl (C=O) groups excluding carboxylic acids is 2. The summed E-state index contributed by atoms with van der Waals surface area (Å²) >= 11 is 0. The molecule has 0 saturated carbocycles. The van der Waals surface area contributed by atoms with Gasteiger partial charge in [-0.3, -0.25) is 9.59 Å². The zero-order valence-electron chi connectivity index (χ0n) is 16.3. The van der Waals surface area contributed by atoms with Crippen molar-refractivity contribution in [3.8, 4) is 17.2 Å². The number of carbonyl (C=O) groups is 2. The molecular formula is C23H20N2O5. The number of anilines is 2. The van der Waals surface area contributed by atoms with Gasteiger partial charge in [0.1, 0.15) is 12.4 Å². The molecule has 0 unspecified atom stereocenters. The predicted molar refractivity (Wildman–Crippen MR) is 112 cm³/mol. The molecule has 3 aromatic carbocycles. The molecule has 2 N–H and O–H groups in total. The van der Waals surface area contributed by atoms with E-state index < -0.39 is 12.0 Å². The molecule has 1 heterocycles. The van der Waals surface area contributed by atoms with Crippen LogP contribution in [0.15, 0.2) is 72.8 Å². The van der Waals surface area contributed by atoms with Crippen molar-refractivity contribution in [2.24, 2.45) is 0 Å². The largest absolute Gasteiger partial charge is 0.497 e. The normalized spacial score (nSPS) is 14.5. The van der Waals surface area contributed by atoms with E-state index in [1.54, 1.807) is 73.8 Å². The summed E-state index contributed by atoms with van der Waals surface area (Å²) in [4.78, 5) is 25.5. The van der Waals surface area contributed by atoms with E-state index in [2.05, 4.69) is 10.6 Å². The number of fused-ring (bicyclic) bond motifs is 1. The van der Waals surface area contributed by atoms with E-state index in [1.165, 1.54) is 0 Å². The van der Waals surface area contributed by atoms with E-state index >= 15 is 0 Å². The quantitative estimate of drug-likeness (QED) is 0.677. The maximum Gasteiger partial charge on any atom is 0.269 e. The third kappa shape index (κ3) is 4.20. The van der Waals surface area contributed by atoms with Crippen LogP contribution in [0.4, 0.5) is 11.4 Å². The van der Waals surface area contributed by atoms with Crippen molar-refractivity contribution in [3.63, 3.8) is 0 Å². The molecular weight excluding hydrogens is 384 g/mol. The van der Waals surface area contributed by atoms with Crippen LogP contribution < -0.4 is 24.8 Å². The van der Waals surface area contributed by atoms with Crippen LogP contribution in [-0.2, 0) is 4.79 Å². The van der Waals surface area contributed by atoms with Crippen LogP contribution >= 0.6 is 0 Å². The van der Waals surface area contributed by atoms with E-state index in [4.69, 9.17) is 14.2 Å². The van der Waals surface area contributed by atoms with Gasteiger partial charge in [0.25, 0.3) is 11.8 Å². The Bertz CT molecular complexity index is 1080. The van der Waals surface area contributed by atoms with Crippen LogP contribution in [0.2, 0.25) is 0 Å². The van der Waals surface area contributed by atoms with Crippen molar-refractivity contribution in [3.05, 3.63) is 78.4 Å². The van der Waals surface area contributed by atoms with Crippen LogP contribution in [-0.4, -0.2) is 31.6 Å². The van der Waals surface area contributed by atoms with Crippen molar-refractivity contribution in [1.29, 1.82) is 0 Å². The maximum atomic E-state index is 12.8. The summed E-state index contributed by atoms with van der Waals surface area (Å²) in [6.07, 6.45) is -0.825. The average Bonchev–Trinajstić information content (AvgIpc) is 2.79. The van der Waals surface area contributed by atoms with E-state index in [0.717, 1.165) is 0 Å². The number of methoxy groups -OCH3 is 1. The molecule has 4 rings (SSSR count). The molecule has 0 radical (unpaired) electrons. The zero-order valence-corrected chi connectivity index (χ0v) is 16.3. The fourth-order valence-electron chi connectivity index (χ4n) is 3.05. The minimum Gasteiger partial charge on any atom is -0.497 e. The van der Waals surface area contributed by atoms with Crippen molar-refractivity contribution in [2.45, 2.75) is 6.10 Å². The number of rotatable bonds is 5. The van der Waals surface area contributed by atoms with Gasteiger partial charge in [0, 0.05) is 11.8 Å². The first-order valence-electron chi connectivity index (χ1n) is 9.38. The third-order valence-corrected chi connectivity index (χ3v) is 4.56. The molecule has 7 heteroatoms. The fraction of sp³-hybridized carbons (Fsp3) is 0.130. The number of nitrogens with one attached hydrogen (secondary N) is 2. The lowest BCUT2D eigenvalue weighted by molar-refractivity contribution is -0.125. The number of hydrogen-bond donors (Lipinski definition) is 2. The lowest BCUT2D eigenvalue weighted by Gasteiger charge is -2.25. The van der Waals surface area contributed by atoms with Crippen molar-refractivity contribution < 1.29 is 23.8 Å². The first-order valence-corrected chi connectivity index (χ1v) is 9.38. The molecule has 7 nitrogen and oxygen atoms in total. The molecule has 152 valence electrons. The Morgan fingerprint density at radius 2 is 1.70 bits per heavy atom. The molecule has 0 spiro atoms. The third-order valence-electron chi connectivity index (χ3n) is 4.56. The van der Waals surface area contributed by atoms with Gasteiger partial charge >= 0.3 is 0 Å². The van der Waals surface area contributed by atoms with E-state index in [1.807, 2.05) is 6.07 Å². The maximum absolute atomic E-state index is 12.8. The van der Waals surface area contributed by atoms with Gasteiger partial charge in [-0.1, -0.05) is 30.3 Å². The van der Waals surface area contributed by atoms with Gasteiger partial charge in [-0.05, 0) is 36.4 Å². The van der Waals surface area contributed by atoms with Crippen molar-refractivity contribution in [1.82, 2.24) is 0 Å². The van der Waals surface area contributed by atoms with Crippen LogP contribution in [0.25, 0.3) is 0 Å². The van der Waals surface area contributed by atoms with Crippen LogP contribution in [0.1, 0.15) is 10.4 Å². The van der Waals surface area contributed by atoms with Crippen molar-refractivity contribution in [2.75, 3.05) is 24.4 Å². The van der Waals surface area contributed by atoms with Gasteiger partial charge < -0.3 is 24.8 Å². The molecule has 1 aliphatic rings. The lowest BCUT2D eigenvalue weighted by atomic mass is 10.1. The second-order valence-corrected chi connectivity index (χ2v) is 6.59. The molecule has 3 aromatic rings. The second-order valence-electron chi connectivity index (χ2n) is 6.59. The Balaban J connectivity index is 1.48. The van der Waals surface area contributed by atoms with Gasteiger partial charge in [0.2, 0.25) is 6.10 Å². The number of para-hydroxylation sites is 3. The van der Waals surface area contributed by atoms with E-state index in [9.17, 15) is 9.59 Å². The summed E-state index contributed by atoms with van der Waals surface area (Å²) in [6, 6.07) is 21.0. The molecule has 0 fully saturated rings. The summed E-state index contributed by atoms with van der Waals surface area (Å²) < 4.78 is 16.5. The predicted octanol–water partition coefficient (Wildman–Crippen LogP) is 3.73. The number of hydrogen-bond acceptors (Lipinski definition) is 5. The minimum absolute atomic E-state index is 0.0843. The van der Waals surface area contributed by atoms with Gasteiger partial charge in [0.05, 0.1) is 18.4 Å². The van der Waals surface area contributed by atoms with Crippen LogP contribution in [0, 0.1) is 0 Å². The van der Waals surface area contributed by atoms with Gasteiger partial charge in [-0.25, -0.2) is 0 Å². The first-order chi connectivity index (χ1) is 14.6. The Kier molecular flexibility index (Phi) is 5.52. The second kappa shape index (κ2) is 8.57. The SMILES string of the molecule is COc1cccc(NC(=O)c2ccccc2NC(=O)[C@H]2COc3ccccc3O2)c1. The Hall–Kier alpha value is -4.00. The highest BCUT2D eigenvalue weighted by molar-refractivity contribution is 6.10. The summed E-state index contributed by atoms with van der Waals surface area (Å²) in [6.45, 7) is 0.0843. The zero-order chi connectivity index (χ0) is 20.9. The molecule has 30 heavy (non-hydrogen) atoms. The molecule has 0 aliphatic carbocycles. The Morgan fingerprint density at radius 1 is 0.933 bits per heavy atom. The first kappa shape index (κ1) is 19.3. The molecule has 2 amide bonds. The summed E-state index contributed by atoms with van der Waals surface area (Å²) in [5.41, 5.74) is 1.29. The highest BCUT2D eigenvalue weighted by Crippen LogP contribution is 2.31. The highest BCUT2D eigenvalue weighted by atomic mass is 16.6. The fourth-order valence-corrected chi connectivity index (χ4v) is 3.05. The molecule has 1 aliphatic heterocycles. The topological polar surface area (TPSA) is 85.9 Å². The Labute approximate surface area is 173 Å².